The molecule has 0 aliphatic carbocycles. The second-order valence-electron chi connectivity index (χ2n) is 7.22. The van der Waals surface area contributed by atoms with E-state index in [1.807, 2.05) is 36.1 Å². The molecule has 3 aromatic rings. The maximum absolute atomic E-state index is 13.1. The normalized spacial score (nSPS) is 17.5. The average Bonchev–Trinajstić information content (AvgIpc) is 3.33. The molecule has 1 aromatic carbocycles. The number of para-hydroxylation sites is 2. The number of amides is 1. The number of likely N-dealkylation sites (tertiary alicyclic amines) is 1. The van der Waals surface area contributed by atoms with Crippen molar-refractivity contribution in [2.45, 2.75) is 52.1 Å². The molecule has 0 spiro atoms. The monoisotopic (exact) mass is 352 g/mol. The Hall–Kier alpha value is -2.70. The van der Waals surface area contributed by atoms with E-state index < -0.39 is 0 Å². The highest BCUT2D eigenvalue weighted by Gasteiger charge is 2.33. The van der Waals surface area contributed by atoms with Gasteiger partial charge in [-0.1, -0.05) is 26.0 Å². The van der Waals surface area contributed by atoms with E-state index in [0.29, 0.717) is 12.4 Å². The predicted octanol–water partition coefficient (Wildman–Crippen LogP) is 2.95. The first kappa shape index (κ1) is 16.8. The van der Waals surface area contributed by atoms with Crippen LogP contribution in [-0.4, -0.2) is 42.1 Å². The summed E-state index contributed by atoms with van der Waals surface area (Å²) in [4.78, 5) is 24.2. The number of benzene rings is 1. The van der Waals surface area contributed by atoms with Crippen LogP contribution in [0.1, 0.15) is 56.1 Å². The maximum atomic E-state index is 13.1. The molecule has 7 heteroatoms. The van der Waals surface area contributed by atoms with Gasteiger partial charge in [0.25, 0.3) is 0 Å². The first-order chi connectivity index (χ1) is 12.5. The molecule has 1 unspecified atom stereocenters. The molecule has 3 heterocycles. The number of carbonyl (C=O) groups excluding carboxylic acids is 1. The van der Waals surface area contributed by atoms with E-state index in [1.54, 1.807) is 0 Å². The number of aromatic amines is 1. The quantitative estimate of drug-likeness (QED) is 0.783. The Kier molecular flexibility index (Phi) is 4.22. The first-order valence-corrected chi connectivity index (χ1v) is 9.18. The third kappa shape index (κ3) is 2.87. The van der Waals surface area contributed by atoms with Crippen LogP contribution < -0.4 is 0 Å². The molecule has 0 radical (unpaired) electrons. The van der Waals surface area contributed by atoms with Crippen molar-refractivity contribution in [3.8, 4) is 0 Å². The maximum Gasteiger partial charge on any atom is 0.243 e. The molecule has 1 amide bonds. The number of carbonyl (C=O) groups is 1. The Morgan fingerprint density at radius 2 is 2.12 bits per heavy atom. The molecule has 1 N–H and O–H groups in total. The zero-order valence-electron chi connectivity index (χ0n) is 15.4. The summed E-state index contributed by atoms with van der Waals surface area (Å²) >= 11 is 0. The van der Waals surface area contributed by atoms with Gasteiger partial charge in [0.15, 0.2) is 5.82 Å². The largest absolute Gasteiger partial charge is 0.331 e. The number of hydrogen-bond donors (Lipinski definition) is 1. The summed E-state index contributed by atoms with van der Waals surface area (Å²) in [7, 11) is 0. The zero-order valence-corrected chi connectivity index (χ0v) is 15.4. The highest BCUT2D eigenvalue weighted by Crippen LogP contribution is 2.30. The van der Waals surface area contributed by atoms with Gasteiger partial charge < -0.3 is 9.47 Å². The Bertz CT molecular complexity index is 941. The number of aromatic nitrogens is 5. The molecule has 1 aliphatic rings. The number of nitrogens with one attached hydrogen (secondary N) is 1. The topological polar surface area (TPSA) is 79.7 Å². The van der Waals surface area contributed by atoms with Crippen LogP contribution in [0.2, 0.25) is 0 Å². The third-order valence-electron chi connectivity index (χ3n) is 4.98. The lowest BCUT2D eigenvalue weighted by molar-refractivity contribution is -0.132. The van der Waals surface area contributed by atoms with Gasteiger partial charge in [-0.05, 0) is 31.9 Å². The lowest BCUT2D eigenvalue weighted by Gasteiger charge is -2.23. The van der Waals surface area contributed by atoms with Crippen molar-refractivity contribution in [1.82, 2.24) is 29.6 Å². The fourth-order valence-electron chi connectivity index (χ4n) is 3.77. The van der Waals surface area contributed by atoms with Crippen molar-refractivity contribution < 1.29 is 4.79 Å². The number of hydrogen-bond acceptors (Lipinski definition) is 4. The molecular weight excluding hydrogens is 328 g/mol. The van der Waals surface area contributed by atoms with Crippen LogP contribution in [0.25, 0.3) is 11.0 Å². The van der Waals surface area contributed by atoms with Crippen molar-refractivity contribution in [1.29, 1.82) is 0 Å². The molecule has 0 bridgehead atoms. The summed E-state index contributed by atoms with van der Waals surface area (Å²) in [6.45, 7) is 7.15. The number of H-pyrrole nitrogens is 1. The van der Waals surface area contributed by atoms with Crippen LogP contribution in [0.15, 0.2) is 24.3 Å². The molecule has 26 heavy (non-hydrogen) atoms. The Morgan fingerprint density at radius 3 is 2.85 bits per heavy atom. The van der Waals surface area contributed by atoms with Crippen LogP contribution in [0, 0.1) is 6.92 Å². The summed E-state index contributed by atoms with van der Waals surface area (Å²) in [6.07, 6.45) is 1.89. The van der Waals surface area contributed by atoms with Crippen LogP contribution in [-0.2, 0) is 11.3 Å². The molecule has 1 aliphatic heterocycles. The van der Waals surface area contributed by atoms with Crippen LogP contribution in [0.3, 0.4) is 0 Å². The van der Waals surface area contributed by atoms with Gasteiger partial charge >= 0.3 is 0 Å². The van der Waals surface area contributed by atoms with E-state index in [9.17, 15) is 4.79 Å². The van der Waals surface area contributed by atoms with Gasteiger partial charge in [0.1, 0.15) is 18.2 Å². The Labute approximate surface area is 152 Å². The highest BCUT2D eigenvalue weighted by atomic mass is 16.2. The smallest absolute Gasteiger partial charge is 0.243 e. The van der Waals surface area contributed by atoms with E-state index in [4.69, 9.17) is 4.98 Å². The first-order valence-electron chi connectivity index (χ1n) is 9.18. The van der Waals surface area contributed by atoms with Gasteiger partial charge in [0.05, 0.1) is 17.1 Å². The van der Waals surface area contributed by atoms with Crippen molar-refractivity contribution in [3.05, 3.63) is 41.7 Å². The summed E-state index contributed by atoms with van der Waals surface area (Å²) in [5, 5.41) is 7.16. The SMILES string of the molecule is Cc1nc(C2CCCN2C(=O)Cn2c(C(C)C)nc3ccccc32)n[nH]1. The van der Waals surface area contributed by atoms with Crippen LogP contribution in [0.5, 0.6) is 0 Å². The molecular formula is C19H24N6O. The minimum Gasteiger partial charge on any atom is -0.331 e. The fraction of sp³-hybridized carbons (Fsp3) is 0.474. The van der Waals surface area contributed by atoms with Crippen molar-refractivity contribution in [2.75, 3.05) is 6.54 Å². The molecule has 7 nitrogen and oxygen atoms in total. The predicted molar refractivity (Wildman–Crippen MR) is 98.6 cm³/mol. The van der Waals surface area contributed by atoms with E-state index >= 15 is 0 Å². The van der Waals surface area contributed by atoms with Crippen LogP contribution in [0.4, 0.5) is 0 Å². The summed E-state index contributed by atoms with van der Waals surface area (Å²) in [5.74, 6) is 2.79. The van der Waals surface area contributed by atoms with Gasteiger partial charge in [-0.25, -0.2) is 9.97 Å². The van der Waals surface area contributed by atoms with Crippen molar-refractivity contribution in [3.63, 3.8) is 0 Å². The lowest BCUT2D eigenvalue weighted by atomic mass is 10.2. The average molecular weight is 352 g/mol. The molecule has 1 fully saturated rings. The molecule has 4 rings (SSSR count). The molecule has 1 atom stereocenters. The summed E-state index contributed by atoms with van der Waals surface area (Å²) in [5.41, 5.74) is 1.95. The molecule has 136 valence electrons. The highest BCUT2D eigenvalue weighted by molar-refractivity contribution is 5.81. The van der Waals surface area contributed by atoms with E-state index in [-0.39, 0.29) is 17.9 Å². The summed E-state index contributed by atoms with van der Waals surface area (Å²) < 4.78 is 2.06. The number of fused-ring (bicyclic) bond motifs is 1. The molecule has 1 saturated heterocycles. The van der Waals surface area contributed by atoms with Crippen molar-refractivity contribution in [2.24, 2.45) is 0 Å². The second kappa shape index (κ2) is 6.55. The Morgan fingerprint density at radius 1 is 1.31 bits per heavy atom. The molecule has 0 saturated carbocycles. The molecule has 2 aromatic heterocycles. The zero-order chi connectivity index (χ0) is 18.3. The van der Waals surface area contributed by atoms with Gasteiger partial charge in [0, 0.05) is 12.5 Å². The Balaban J connectivity index is 1.64. The van der Waals surface area contributed by atoms with Gasteiger partial charge in [-0.3, -0.25) is 9.89 Å². The second-order valence-corrected chi connectivity index (χ2v) is 7.22. The number of rotatable bonds is 4. The van der Waals surface area contributed by atoms with Gasteiger partial charge in [-0.15, -0.1) is 0 Å². The van der Waals surface area contributed by atoms with E-state index in [1.165, 1.54) is 0 Å². The minimum atomic E-state index is -0.0373. The van der Waals surface area contributed by atoms with E-state index in [2.05, 4.69) is 33.6 Å². The number of nitrogens with zero attached hydrogens (tertiary/aromatic N) is 5. The standard InChI is InChI=1S/C19H24N6O/c1-12(2)19-21-14-7-4-5-8-15(14)25(19)11-17(26)24-10-6-9-16(24)18-20-13(3)22-23-18/h4-5,7-8,12,16H,6,9-11H2,1-3H3,(H,20,22,23). The number of aryl methyl sites for hydroxylation is 1. The van der Waals surface area contributed by atoms with Crippen LogP contribution >= 0.6 is 0 Å². The van der Waals surface area contributed by atoms with Crippen molar-refractivity contribution >= 4 is 16.9 Å². The van der Waals surface area contributed by atoms with Gasteiger partial charge in [-0.2, -0.15) is 5.10 Å². The fourth-order valence-corrected chi connectivity index (χ4v) is 3.77. The summed E-state index contributed by atoms with van der Waals surface area (Å²) in [6, 6.07) is 7.96. The third-order valence-corrected chi connectivity index (χ3v) is 4.98. The lowest BCUT2D eigenvalue weighted by Crippen LogP contribution is -2.34. The van der Waals surface area contributed by atoms with Gasteiger partial charge in [0.2, 0.25) is 5.91 Å². The minimum absolute atomic E-state index is 0.0373. The van der Waals surface area contributed by atoms with E-state index in [0.717, 1.165) is 42.1 Å². The number of imidazole rings is 1.